The maximum Gasteiger partial charge on any atom is 0.172 e. The molecule has 0 spiro atoms. The topological polar surface area (TPSA) is 34.1 Å². The lowest BCUT2D eigenvalue weighted by Gasteiger charge is -2.04. The predicted octanol–water partition coefficient (Wildman–Crippen LogP) is 4.45. The van der Waals surface area contributed by atoms with E-state index in [0.29, 0.717) is 10.6 Å². The zero-order chi connectivity index (χ0) is 13.8. The molecule has 0 aromatic heterocycles. The Bertz CT molecular complexity index is 621. The SMILES string of the molecule is O=C(CC(=O)c1cccc(Cl)c1Cl)c1ccccc1. The van der Waals surface area contributed by atoms with Gasteiger partial charge in [-0.05, 0) is 12.1 Å². The van der Waals surface area contributed by atoms with Gasteiger partial charge in [-0.3, -0.25) is 9.59 Å². The minimum Gasteiger partial charge on any atom is -0.294 e. The van der Waals surface area contributed by atoms with Gasteiger partial charge < -0.3 is 0 Å². The molecular formula is C15H10Cl2O2. The van der Waals surface area contributed by atoms with E-state index >= 15 is 0 Å². The first-order valence-electron chi connectivity index (χ1n) is 5.65. The highest BCUT2D eigenvalue weighted by molar-refractivity contribution is 6.44. The number of halogens is 2. The van der Waals surface area contributed by atoms with E-state index in [0.717, 1.165) is 0 Å². The lowest BCUT2D eigenvalue weighted by Crippen LogP contribution is -2.09. The summed E-state index contributed by atoms with van der Waals surface area (Å²) in [5.41, 5.74) is 0.785. The summed E-state index contributed by atoms with van der Waals surface area (Å²) in [6, 6.07) is 13.5. The molecular weight excluding hydrogens is 283 g/mol. The van der Waals surface area contributed by atoms with E-state index < -0.39 is 0 Å². The third-order valence-corrected chi connectivity index (χ3v) is 3.49. The Balaban J connectivity index is 2.18. The largest absolute Gasteiger partial charge is 0.294 e. The van der Waals surface area contributed by atoms with Crippen LogP contribution in [-0.2, 0) is 0 Å². The van der Waals surface area contributed by atoms with Crippen LogP contribution in [0.3, 0.4) is 0 Å². The van der Waals surface area contributed by atoms with Crippen molar-refractivity contribution in [3.8, 4) is 0 Å². The fraction of sp³-hybridized carbons (Fsp3) is 0.0667. The van der Waals surface area contributed by atoms with Crippen molar-refractivity contribution in [2.75, 3.05) is 0 Å². The maximum absolute atomic E-state index is 12.0. The van der Waals surface area contributed by atoms with Crippen molar-refractivity contribution in [3.63, 3.8) is 0 Å². The fourth-order valence-electron chi connectivity index (χ4n) is 1.69. The van der Waals surface area contributed by atoms with Crippen molar-refractivity contribution in [1.82, 2.24) is 0 Å². The summed E-state index contributed by atoms with van der Waals surface area (Å²) in [5, 5.41) is 0.495. The van der Waals surface area contributed by atoms with Crippen LogP contribution in [0, 0.1) is 0 Å². The molecule has 0 saturated heterocycles. The molecule has 2 aromatic rings. The van der Waals surface area contributed by atoms with Crippen molar-refractivity contribution in [3.05, 3.63) is 69.7 Å². The van der Waals surface area contributed by atoms with Crippen molar-refractivity contribution in [1.29, 1.82) is 0 Å². The van der Waals surface area contributed by atoms with Crippen molar-refractivity contribution < 1.29 is 9.59 Å². The Labute approximate surface area is 121 Å². The number of carbonyl (C=O) groups excluding carboxylic acids is 2. The Kier molecular flexibility index (Phi) is 4.35. The highest BCUT2D eigenvalue weighted by Crippen LogP contribution is 2.26. The van der Waals surface area contributed by atoms with E-state index in [1.165, 1.54) is 0 Å². The standard InChI is InChI=1S/C15H10Cl2O2/c16-12-8-4-7-11(15(12)17)14(19)9-13(18)10-5-2-1-3-6-10/h1-8H,9H2. The summed E-state index contributed by atoms with van der Waals surface area (Å²) in [5.74, 6) is -0.567. The van der Waals surface area contributed by atoms with Crippen LogP contribution in [0.2, 0.25) is 10.0 Å². The third kappa shape index (κ3) is 3.22. The highest BCUT2D eigenvalue weighted by Gasteiger charge is 2.17. The predicted molar refractivity (Wildman–Crippen MR) is 76.2 cm³/mol. The second kappa shape index (κ2) is 6.00. The molecule has 0 fully saturated rings. The number of ketones is 2. The van der Waals surface area contributed by atoms with E-state index in [2.05, 4.69) is 0 Å². The average Bonchev–Trinajstić information content (AvgIpc) is 2.42. The van der Waals surface area contributed by atoms with Crippen LogP contribution >= 0.6 is 23.2 Å². The number of benzene rings is 2. The van der Waals surface area contributed by atoms with Gasteiger partial charge in [0.15, 0.2) is 11.6 Å². The molecule has 4 heteroatoms. The summed E-state index contributed by atoms with van der Waals surface area (Å²) in [7, 11) is 0. The molecule has 0 radical (unpaired) electrons. The van der Waals surface area contributed by atoms with Gasteiger partial charge in [-0.25, -0.2) is 0 Å². The molecule has 0 unspecified atom stereocenters. The van der Waals surface area contributed by atoms with Gasteiger partial charge in [0, 0.05) is 11.1 Å². The van der Waals surface area contributed by atoms with Gasteiger partial charge >= 0.3 is 0 Å². The number of carbonyl (C=O) groups is 2. The molecule has 0 aliphatic heterocycles. The third-order valence-electron chi connectivity index (χ3n) is 2.67. The minimum atomic E-state index is -0.332. The summed E-state index contributed by atoms with van der Waals surface area (Å²) in [4.78, 5) is 24.0. The van der Waals surface area contributed by atoms with Gasteiger partial charge in [0.25, 0.3) is 0 Å². The van der Waals surface area contributed by atoms with Crippen LogP contribution in [0.15, 0.2) is 48.5 Å². The first-order valence-corrected chi connectivity index (χ1v) is 6.40. The summed E-state index contributed by atoms with van der Waals surface area (Å²) in [6.45, 7) is 0. The lowest BCUT2D eigenvalue weighted by molar-refractivity contribution is 0.0894. The highest BCUT2D eigenvalue weighted by atomic mass is 35.5. The maximum atomic E-state index is 12.0. The van der Waals surface area contributed by atoms with Crippen LogP contribution in [0.25, 0.3) is 0 Å². The molecule has 2 rings (SSSR count). The van der Waals surface area contributed by atoms with Crippen molar-refractivity contribution in [2.24, 2.45) is 0 Å². The molecule has 0 saturated carbocycles. The van der Waals surface area contributed by atoms with Gasteiger partial charge in [-0.1, -0.05) is 59.6 Å². The van der Waals surface area contributed by atoms with Crippen LogP contribution in [-0.4, -0.2) is 11.6 Å². The van der Waals surface area contributed by atoms with Crippen LogP contribution in [0.1, 0.15) is 27.1 Å². The minimum absolute atomic E-state index is 0.190. The molecule has 2 nitrogen and oxygen atoms in total. The normalized spacial score (nSPS) is 10.2. The van der Waals surface area contributed by atoms with Crippen LogP contribution in [0.5, 0.6) is 0 Å². The monoisotopic (exact) mass is 292 g/mol. The molecule has 0 atom stereocenters. The lowest BCUT2D eigenvalue weighted by atomic mass is 10.0. The van der Waals surface area contributed by atoms with Crippen molar-refractivity contribution in [2.45, 2.75) is 6.42 Å². The molecule has 19 heavy (non-hydrogen) atoms. The zero-order valence-electron chi connectivity index (χ0n) is 9.90. The molecule has 0 aliphatic rings. The quantitative estimate of drug-likeness (QED) is 0.616. The smallest absolute Gasteiger partial charge is 0.172 e. The van der Waals surface area contributed by atoms with Gasteiger partial charge in [0.2, 0.25) is 0 Å². The van der Waals surface area contributed by atoms with Gasteiger partial charge in [-0.15, -0.1) is 0 Å². The number of Topliss-reactive ketones (excluding diaryl/α,β-unsaturated/α-hetero) is 2. The Morgan fingerprint density at radius 2 is 1.53 bits per heavy atom. The van der Waals surface area contributed by atoms with E-state index in [1.54, 1.807) is 42.5 Å². The van der Waals surface area contributed by atoms with E-state index in [4.69, 9.17) is 23.2 Å². The van der Waals surface area contributed by atoms with Gasteiger partial charge in [0.05, 0.1) is 16.5 Å². The van der Waals surface area contributed by atoms with E-state index in [1.807, 2.05) is 6.07 Å². The van der Waals surface area contributed by atoms with Gasteiger partial charge in [0.1, 0.15) is 0 Å². The first-order chi connectivity index (χ1) is 9.09. The van der Waals surface area contributed by atoms with Crippen molar-refractivity contribution >= 4 is 34.8 Å². The summed E-state index contributed by atoms with van der Waals surface area (Å²) in [6.07, 6.45) is -0.218. The Morgan fingerprint density at radius 1 is 0.842 bits per heavy atom. The number of rotatable bonds is 4. The molecule has 0 bridgehead atoms. The molecule has 0 amide bonds. The molecule has 0 heterocycles. The Morgan fingerprint density at radius 3 is 2.21 bits per heavy atom. The second-order valence-electron chi connectivity index (χ2n) is 3.99. The zero-order valence-corrected chi connectivity index (χ0v) is 11.4. The first kappa shape index (κ1) is 13.8. The van der Waals surface area contributed by atoms with Crippen LogP contribution < -0.4 is 0 Å². The second-order valence-corrected chi connectivity index (χ2v) is 4.78. The fourth-order valence-corrected chi connectivity index (χ4v) is 2.09. The molecule has 0 N–H and O–H groups in total. The summed E-state index contributed by atoms with van der Waals surface area (Å²) >= 11 is 11.8. The molecule has 2 aromatic carbocycles. The van der Waals surface area contributed by atoms with E-state index in [9.17, 15) is 9.59 Å². The average molecular weight is 293 g/mol. The number of hydrogen-bond acceptors (Lipinski definition) is 2. The Hall–Kier alpha value is -1.64. The number of hydrogen-bond donors (Lipinski definition) is 0. The van der Waals surface area contributed by atoms with Crippen LogP contribution in [0.4, 0.5) is 0 Å². The van der Waals surface area contributed by atoms with E-state index in [-0.39, 0.29) is 28.6 Å². The molecule has 0 aliphatic carbocycles. The van der Waals surface area contributed by atoms with Gasteiger partial charge in [-0.2, -0.15) is 0 Å². The molecule has 96 valence electrons. The summed E-state index contributed by atoms with van der Waals surface area (Å²) < 4.78 is 0.